The Hall–Kier alpha value is -2.09. The molecular weight excluding hydrogens is 291 g/mol. The number of alkyl halides is 3. The van der Waals surface area contributed by atoms with Gasteiger partial charge in [0.1, 0.15) is 6.61 Å². The van der Waals surface area contributed by atoms with E-state index in [0.717, 1.165) is 0 Å². The van der Waals surface area contributed by atoms with Gasteiger partial charge in [-0.2, -0.15) is 13.2 Å². The van der Waals surface area contributed by atoms with Gasteiger partial charge in [0, 0.05) is 6.54 Å². The normalized spacial score (nSPS) is 11.2. The Morgan fingerprint density at radius 3 is 2.52 bits per heavy atom. The average Bonchev–Trinajstić information content (AvgIpc) is 2.37. The number of nitrogens with one attached hydrogen (secondary N) is 1. The first-order valence-electron chi connectivity index (χ1n) is 6.02. The first-order valence-corrected chi connectivity index (χ1v) is 6.02. The van der Waals surface area contributed by atoms with Crippen molar-refractivity contribution in [3.63, 3.8) is 0 Å². The minimum absolute atomic E-state index is 0.0148. The van der Waals surface area contributed by atoms with Crippen LogP contribution in [0.25, 0.3) is 0 Å². The topological polar surface area (TPSA) is 75.6 Å². The predicted octanol–water partition coefficient (Wildman–Crippen LogP) is 1.62. The summed E-state index contributed by atoms with van der Waals surface area (Å²) < 4.78 is 39.7. The fourth-order valence-corrected chi connectivity index (χ4v) is 1.57. The van der Waals surface area contributed by atoms with Gasteiger partial charge < -0.3 is 15.2 Å². The fourth-order valence-electron chi connectivity index (χ4n) is 1.57. The van der Waals surface area contributed by atoms with Crippen molar-refractivity contribution in [2.75, 3.05) is 19.8 Å². The van der Waals surface area contributed by atoms with E-state index >= 15 is 0 Å². The van der Waals surface area contributed by atoms with Crippen molar-refractivity contribution >= 4 is 11.9 Å². The van der Waals surface area contributed by atoms with E-state index in [-0.39, 0.29) is 25.1 Å². The Kier molecular flexibility index (Phi) is 6.16. The molecule has 0 aromatic heterocycles. The summed E-state index contributed by atoms with van der Waals surface area (Å²) in [6.07, 6.45) is -4.56. The van der Waals surface area contributed by atoms with Gasteiger partial charge in [-0.3, -0.25) is 4.79 Å². The molecular formula is C13H14F3NO4. The maximum atomic E-state index is 11.8. The average molecular weight is 305 g/mol. The lowest BCUT2D eigenvalue weighted by atomic mass is 10.0. The van der Waals surface area contributed by atoms with Crippen molar-refractivity contribution in [2.45, 2.75) is 12.6 Å². The molecule has 0 saturated heterocycles. The number of hydrogen-bond acceptors (Lipinski definition) is 3. The lowest BCUT2D eigenvalue weighted by molar-refractivity contribution is -0.173. The summed E-state index contributed by atoms with van der Waals surface area (Å²) in [6, 6.07) is 6.01. The number of carboxylic acid groups (broad SMARTS) is 1. The van der Waals surface area contributed by atoms with E-state index in [1.807, 2.05) is 0 Å². The Bertz CT molecular complexity index is 502. The molecule has 8 heteroatoms. The van der Waals surface area contributed by atoms with Crippen LogP contribution in [0.15, 0.2) is 24.3 Å². The molecule has 0 radical (unpaired) electrons. The molecule has 0 aliphatic rings. The quantitative estimate of drug-likeness (QED) is 0.751. The van der Waals surface area contributed by atoms with Gasteiger partial charge in [0.15, 0.2) is 0 Å². The molecule has 0 saturated carbocycles. The molecule has 0 spiro atoms. The van der Waals surface area contributed by atoms with E-state index in [0.29, 0.717) is 5.56 Å². The van der Waals surface area contributed by atoms with Crippen molar-refractivity contribution in [3.8, 4) is 0 Å². The molecule has 1 aromatic carbocycles. The van der Waals surface area contributed by atoms with Gasteiger partial charge in [-0.05, 0) is 11.6 Å². The highest BCUT2D eigenvalue weighted by atomic mass is 19.4. The number of benzene rings is 1. The highest BCUT2D eigenvalue weighted by molar-refractivity contribution is 5.91. The highest BCUT2D eigenvalue weighted by Crippen LogP contribution is 2.14. The van der Waals surface area contributed by atoms with Gasteiger partial charge in [-0.15, -0.1) is 0 Å². The lowest BCUT2D eigenvalue weighted by Gasteiger charge is -2.09. The van der Waals surface area contributed by atoms with E-state index < -0.39 is 24.7 Å². The van der Waals surface area contributed by atoms with Crippen molar-refractivity contribution in [2.24, 2.45) is 0 Å². The van der Waals surface area contributed by atoms with E-state index in [1.54, 1.807) is 6.07 Å². The Morgan fingerprint density at radius 1 is 1.24 bits per heavy atom. The second-order valence-electron chi connectivity index (χ2n) is 4.16. The number of hydrogen-bond donors (Lipinski definition) is 2. The number of ether oxygens (including phenoxy) is 1. The molecule has 2 N–H and O–H groups in total. The third kappa shape index (κ3) is 6.75. The van der Waals surface area contributed by atoms with Crippen LogP contribution in [-0.2, 0) is 16.0 Å². The predicted molar refractivity (Wildman–Crippen MR) is 67.0 cm³/mol. The molecule has 0 bridgehead atoms. The van der Waals surface area contributed by atoms with Crippen molar-refractivity contribution < 1.29 is 32.6 Å². The monoisotopic (exact) mass is 305 g/mol. The number of rotatable bonds is 7. The maximum absolute atomic E-state index is 11.8. The standard InChI is InChI=1S/C13H14F3NO4/c14-13(15,16)8-21-6-5-17-11(18)7-9-3-1-2-4-10(9)12(19)20/h1-4H,5-8H2,(H,17,18)(H,19,20). The summed E-state index contributed by atoms with van der Waals surface area (Å²) in [5.74, 6) is -1.63. The molecule has 0 heterocycles. The van der Waals surface area contributed by atoms with Crippen molar-refractivity contribution in [1.82, 2.24) is 5.32 Å². The van der Waals surface area contributed by atoms with Gasteiger partial charge >= 0.3 is 12.1 Å². The Balaban J connectivity index is 2.36. The van der Waals surface area contributed by atoms with Gasteiger partial charge in [-0.1, -0.05) is 18.2 Å². The summed E-state index contributed by atoms with van der Waals surface area (Å²) in [6.45, 7) is -1.72. The molecule has 0 unspecified atom stereocenters. The Morgan fingerprint density at radius 2 is 1.90 bits per heavy atom. The molecule has 116 valence electrons. The molecule has 0 atom stereocenters. The number of carboxylic acids is 1. The van der Waals surface area contributed by atoms with Gasteiger partial charge in [0.25, 0.3) is 0 Å². The molecule has 0 aliphatic heterocycles. The second kappa shape index (κ2) is 7.63. The second-order valence-corrected chi connectivity index (χ2v) is 4.16. The van der Waals surface area contributed by atoms with Crippen LogP contribution in [-0.4, -0.2) is 42.9 Å². The molecule has 21 heavy (non-hydrogen) atoms. The summed E-state index contributed by atoms with van der Waals surface area (Å²) in [5.41, 5.74) is 0.347. The fraction of sp³-hybridized carbons (Fsp3) is 0.385. The SMILES string of the molecule is O=C(Cc1ccccc1C(=O)O)NCCOCC(F)(F)F. The van der Waals surface area contributed by atoms with Gasteiger partial charge in [0.05, 0.1) is 18.6 Å². The highest BCUT2D eigenvalue weighted by Gasteiger charge is 2.27. The van der Waals surface area contributed by atoms with Crippen LogP contribution in [0.4, 0.5) is 13.2 Å². The number of amides is 1. The van der Waals surface area contributed by atoms with Crippen LogP contribution < -0.4 is 5.32 Å². The number of aromatic carboxylic acids is 1. The van der Waals surface area contributed by atoms with E-state index in [9.17, 15) is 22.8 Å². The van der Waals surface area contributed by atoms with E-state index in [1.165, 1.54) is 18.2 Å². The number of carbonyl (C=O) groups excluding carboxylic acids is 1. The summed E-state index contributed by atoms with van der Waals surface area (Å²) >= 11 is 0. The summed E-state index contributed by atoms with van der Waals surface area (Å²) in [7, 11) is 0. The molecule has 1 rings (SSSR count). The smallest absolute Gasteiger partial charge is 0.411 e. The minimum atomic E-state index is -4.40. The first-order chi connectivity index (χ1) is 9.79. The largest absolute Gasteiger partial charge is 0.478 e. The summed E-state index contributed by atoms with van der Waals surface area (Å²) in [4.78, 5) is 22.5. The van der Waals surface area contributed by atoms with Gasteiger partial charge in [0.2, 0.25) is 5.91 Å². The van der Waals surface area contributed by atoms with Crippen molar-refractivity contribution in [1.29, 1.82) is 0 Å². The third-order valence-corrected chi connectivity index (χ3v) is 2.43. The number of carbonyl (C=O) groups is 2. The van der Waals surface area contributed by atoms with Crippen LogP contribution in [0.2, 0.25) is 0 Å². The van der Waals surface area contributed by atoms with Crippen LogP contribution in [0.5, 0.6) is 0 Å². The first kappa shape index (κ1) is 17.0. The van der Waals surface area contributed by atoms with Crippen LogP contribution in [0.1, 0.15) is 15.9 Å². The van der Waals surface area contributed by atoms with E-state index in [4.69, 9.17) is 5.11 Å². The molecule has 5 nitrogen and oxygen atoms in total. The Labute approximate surface area is 118 Å². The van der Waals surface area contributed by atoms with Gasteiger partial charge in [-0.25, -0.2) is 4.79 Å². The molecule has 0 aliphatic carbocycles. The number of halogens is 3. The molecule has 1 amide bonds. The maximum Gasteiger partial charge on any atom is 0.411 e. The molecule has 1 aromatic rings. The lowest BCUT2D eigenvalue weighted by Crippen LogP contribution is -2.30. The van der Waals surface area contributed by atoms with E-state index in [2.05, 4.69) is 10.1 Å². The zero-order valence-electron chi connectivity index (χ0n) is 10.9. The van der Waals surface area contributed by atoms with Crippen molar-refractivity contribution in [3.05, 3.63) is 35.4 Å². The minimum Gasteiger partial charge on any atom is -0.478 e. The summed E-state index contributed by atoms with van der Waals surface area (Å²) in [5, 5.41) is 11.3. The van der Waals surface area contributed by atoms with Crippen LogP contribution in [0.3, 0.4) is 0 Å². The third-order valence-electron chi connectivity index (χ3n) is 2.43. The zero-order valence-corrected chi connectivity index (χ0v) is 10.9. The van der Waals surface area contributed by atoms with Crippen LogP contribution >= 0.6 is 0 Å². The zero-order chi connectivity index (χ0) is 15.9. The molecule has 0 fully saturated rings. The van der Waals surface area contributed by atoms with Crippen LogP contribution in [0, 0.1) is 0 Å².